The first kappa shape index (κ1) is 18.9. The van der Waals surface area contributed by atoms with Crippen LogP contribution >= 0.6 is 0 Å². The highest BCUT2D eigenvalue weighted by Gasteiger charge is 2.43. The van der Waals surface area contributed by atoms with Crippen LogP contribution in [0.5, 0.6) is 0 Å². The highest BCUT2D eigenvalue weighted by atomic mass is 16.4. The van der Waals surface area contributed by atoms with E-state index < -0.39 is 17.6 Å². The van der Waals surface area contributed by atoms with Crippen molar-refractivity contribution in [3.05, 3.63) is 108 Å². The van der Waals surface area contributed by atoms with Gasteiger partial charge >= 0.3 is 0 Å². The summed E-state index contributed by atoms with van der Waals surface area (Å²) in [6.07, 6.45) is 0. The van der Waals surface area contributed by atoms with Crippen LogP contribution in [0.1, 0.15) is 30.5 Å². The second kappa shape index (κ2) is 8.19. The molecule has 3 nitrogen and oxygen atoms in total. The molecule has 0 aromatic heterocycles. The molecule has 138 valence electrons. The Balaban J connectivity index is 2.30. The minimum atomic E-state index is -1.04. The number of carbonyl (C=O) groups excluding carboxylic acids is 1. The van der Waals surface area contributed by atoms with E-state index in [0.29, 0.717) is 0 Å². The van der Waals surface area contributed by atoms with Gasteiger partial charge in [0.1, 0.15) is 6.04 Å². The third kappa shape index (κ3) is 3.79. The van der Waals surface area contributed by atoms with Gasteiger partial charge in [-0.25, -0.2) is 0 Å². The number of hydrogen-bond acceptors (Lipinski definition) is 2. The van der Waals surface area contributed by atoms with Crippen LogP contribution in [0.15, 0.2) is 91.0 Å². The van der Waals surface area contributed by atoms with E-state index in [4.69, 9.17) is 0 Å². The molecule has 0 aliphatic carbocycles. The molecule has 0 radical (unpaired) electrons. The first-order valence-corrected chi connectivity index (χ1v) is 9.29. The maximum atomic E-state index is 12.0. The number of carboxylic acids is 1. The standard InChI is InChI=1S/C24H25NO2/c1-18(2)22(23(26)27)25-24(19-12-6-3-7-13-19,20-14-8-4-9-15-20)21-16-10-5-11-17-21/h3-18,22,25H,1-2H3,(H,26,27)/t22-/m0/s1. The maximum Gasteiger partial charge on any atom is 0.174 e. The van der Waals surface area contributed by atoms with E-state index in [9.17, 15) is 9.90 Å². The molecule has 1 atom stereocenters. The van der Waals surface area contributed by atoms with Gasteiger partial charge in [-0.15, -0.1) is 0 Å². The number of carbonyl (C=O) groups is 1. The summed E-state index contributed by atoms with van der Waals surface area (Å²) in [4.78, 5) is 12.0. The molecule has 0 aliphatic heterocycles. The monoisotopic (exact) mass is 359 g/mol. The molecule has 0 aliphatic rings. The lowest BCUT2D eigenvalue weighted by Crippen LogP contribution is -3.02. The molecule has 0 fully saturated rings. The summed E-state index contributed by atoms with van der Waals surface area (Å²) < 4.78 is 0. The number of aliphatic carboxylic acids is 1. The molecule has 0 unspecified atom stereocenters. The summed E-state index contributed by atoms with van der Waals surface area (Å²) in [6.45, 7) is 3.84. The fraction of sp³-hybridized carbons (Fsp3) is 0.208. The fourth-order valence-corrected chi connectivity index (χ4v) is 3.69. The minimum Gasteiger partial charge on any atom is -0.544 e. The summed E-state index contributed by atoms with van der Waals surface area (Å²) in [5.41, 5.74) is 2.43. The Morgan fingerprint density at radius 1 is 0.741 bits per heavy atom. The largest absolute Gasteiger partial charge is 0.544 e. The quantitative estimate of drug-likeness (QED) is 0.658. The molecular weight excluding hydrogens is 334 g/mol. The van der Waals surface area contributed by atoms with Crippen LogP contribution in [0, 0.1) is 5.92 Å². The van der Waals surface area contributed by atoms with Gasteiger partial charge in [0.2, 0.25) is 0 Å². The number of carboxylic acid groups (broad SMARTS) is 1. The van der Waals surface area contributed by atoms with Crippen LogP contribution in [0.2, 0.25) is 0 Å². The summed E-state index contributed by atoms with van der Waals surface area (Å²) in [6, 6.07) is 29.5. The third-order valence-electron chi connectivity index (χ3n) is 5.11. The van der Waals surface area contributed by atoms with E-state index in [1.165, 1.54) is 0 Å². The minimum absolute atomic E-state index is 0.0782. The van der Waals surface area contributed by atoms with Gasteiger partial charge < -0.3 is 15.2 Å². The van der Waals surface area contributed by atoms with Crippen molar-refractivity contribution in [2.24, 2.45) is 5.92 Å². The summed E-state index contributed by atoms with van der Waals surface area (Å²) in [5, 5.41) is 13.9. The van der Waals surface area contributed by atoms with Gasteiger partial charge in [-0.2, -0.15) is 0 Å². The second-order valence-corrected chi connectivity index (χ2v) is 7.16. The zero-order chi connectivity index (χ0) is 19.3. The molecule has 0 bridgehead atoms. The molecule has 2 N–H and O–H groups in total. The number of nitrogens with two attached hydrogens (primary N) is 1. The lowest BCUT2D eigenvalue weighted by atomic mass is 9.76. The van der Waals surface area contributed by atoms with Crippen molar-refractivity contribution in [2.75, 3.05) is 0 Å². The molecule has 0 heterocycles. The Kier molecular flexibility index (Phi) is 5.72. The predicted molar refractivity (Wildman–Crippen MR) is 105 cm³/mol. The topological polar surface area (TPSA) is 56.7 Å². The fourth-order valence-electron chi connectivity index (χ4n) is 3.69. The van der Waals surface area contributed by atoms with Gasteiger partial charge in [-0.3, -0.25) is 0 Å². The molecule has 0 saturated carbocycles. The van der Waals surface area contributed by atoms with Gasteiger partial charge in [-0.1, -0.05) is 105 Å². The molecule has 0 spiro atoms. The number of quaternary nitrogens is 1. The normalized spacial score (nSPS) is 12.7. The zero-order valence-corrected chi connectivity index (χ0v) is 15.7. The van der Waals surface area contributed by atoms with Crippen LogP contribution < -0.4 is 10.4 Å². The Labute approximate surface area is 160 Å². The first-order chi connectivity index (χ1) is 13.1. The molecule has 0 saturated heterocycles. The summed E-state index contributed by atoms with van der Waals surface area (Å²) >= 11 is 0. The van der Waals surface area contributed by atoms with E-state index in [0.717, 1.165) is 16.7 Å². The smallest absolute Gasteiger partial charge is 0.174 e. The van der Waals surface area contributed by atoms with Crippen LogP contribution in [0.4, 0.5) is 0 Å². The molecule has 3 rings (SSSR count). The van der Waals surface area contributed by atoms with Gasteiger partial charge in [0, 0.05) is 22.6 Å². The summed E-state index contributed by atoms with van der Waals surface area (Å²) in [7, 11) is 0. The lowest BCUT2D eigenvalue weighted by Gasteiger charge is -2.38. The third-order valence-corrected chi connectivity index (χ3v) is 5.11. The van der Waals surface area contributed by atoms with Crippen molar-refractivity contribution in [3.8, 4) is 0 Å². The average molecular weight is 359 g/mol. The van der Waals surface area contributed by atoms with Crippen LogP contribution in [0.25, 0.3) is 0 Å². The lowest BCUT2D eigenvalue weighted by molar-refractivity contribution is -0.745. The van der Waals surface area contributed by atoms with E-state index in [1.54, 1.807) is 0 Å². The maximum absolute atomic E-state index is 12.0. The SMILES string of the molecule is CC(C)[C@H]([NH2+]C(c1ccccc1)(c1ccccc1)c1ccccc1)C(=O)[O-]. The Morgan fingerprint density at radius 2 is 1.07 bits per heavy atom. The van der Waals surface area contributed by atoms with Crippen molar-refractivity contribution < 1.29 is 15.2 Å². The highest BCUT2D eigenvalue weighted by molar-refractivity contribution is 5.69. The number of hydrogen-bond donors (Lipinski definition) is 1. The number of benzene rings is 3. The summed E-state index contributed by atoms with van der Waals surface area (Å²) in [5.74, 6) is -1.12. The predicted octanol–water partition coefficient (Wildman–Crippen LogP) is 2.32. The van der Waals surface area contributed by atoms with E-state index in [1.807, 2.05) is 73.8 Å². The van der Waals surface area contributed by atoms with Gasteiger partial charge in [0.15, 0.2) is 5.54 Å². The Morgan fingerprint density at radius 3 is 1.33 bits per heavy atom. The Hall–Kier alpha value is -2.91. The van der Waals surface area contributed by atoms with Gasteiger partial charge in [-0.05, 0) is 0 Å². The molecule has 0 amide bonds. The van der Waals surface area contributed by atoms with E-state index in [2.05, 4.69) is 36.4 Å². The second-order valence-electron chi connectivity index (χ2n) is 7.16. The van der Waals surface area contributed by atoms with Crippen molar-refractivity contribution in [1.82, 2.24) is 0 Å². The zero-order valence-electron chi connectivity index (χ0n) is 15.7. The van der Waals surface area contributed by atoms with E-state index >= 15 is 0 Å². The van der Waals surface area contributed by atoms with Crippen molar-refractivity contribution in [1.29, 1.82) is 0 Å². The van der Waals surface area contributed by atoms with Crippen LogP contribution in [-0.2, 0) is 10.3 Å². The molecule has 3 aromatic rings. The average Bonchev–Trinajstić information content (AvgIpc) is 2.70. The first-order valence-electron chi connectivity index (χ1n) is 9.29. The van der Waals surface area contributed by atoms with E-state index in [-0.39, 0.29) is 5.92 Å². The van der Waals surface area contributed by atoms with Crippen molar-refractivity contribution >= 4 is 5.97 Å². The van der Waals surface area contributed by atoms with Gasteiger partial charge in [0.05, 0.1) is 5.97 Å². The van der Waals surface area contributed by atoms with Gasteiger partial charge in [0.25, 0.3) is 0 Å². The Bertz CT molecular complexity index is 764. The van der Waals surface area contributed by atoms with Crippen molar-refractivity contribution in [3.63, 3.8) is 0 Å². The molecule has 3 heteroatoms. The number of rotatable bonds is 7. The van der Waals surface area contributed by atoms with Crippen LogP contribution in [-0.4, -0.2) is 12.0 Å². The molecule has 3 aromatic carbocycles. The highest BCUT2D eigenvalue weighted by Crippen LogP contribution is 2.33. The molecule has 27 heavy (non-hydrogen) atoms. The van der Waals surface area contributed by atoms with Crippen molar-refractivity contribution in [2.45, 2.75) is 25.4 Å². The van der Waals surface area contributed by atoms with Crippen LogP contribution in [0.3, 0.4) is 0 Å². The molecular formula is C24H25NO2.